The lowest BCUT2D eigenvalue weighted by Gasteiger charge is -2.18. The highest BCUT2D eigenvalue weighted by molar-refractivity contribution is 5.71. The van der Waals surface area contributed by atoms with Gasteiger partial charge in [-0.25, -0.2) is 4.79 Å². The van der Waals surface area contributed by atoms with Crippen molar-refractivity contribution in [2.75, 3.05) is 31.6 Å². The van der Waals surface area contributed by atoms with E-state index in [1.54, 1.807) is 4.90 Å². The molecule has 1 amide bonds. The van der Waals surface area contributed by atoms with Crippen LogP contribution in [0.4, 0.5) is 10.5 Å². The lowest BCUT2D eigenvalue weighted by molar-refractivity contribution is 0.157. The minimum Gasteiger partial charge on any atom is -0.410 e. The van der Waals surface area contributed by atoms with Crippen LogP contribution in [-0.4, -0.2) is 37.7 Å². The normalized spacial score (nSPS) is 13.4. The van der Waals surface area contributed by atoms with Crippen molar-refractivity contribution in [3.8, 4) is 5.75 Å². The molecule has 0 N–H and O–H groups in total. The second kappa shape index (κ2) is 5.29. The molecule has 0 saturated carbocycles. The van der Waals surface area contributed by atoms with Crippen LogP contribution in [0.25, 0.3) is 0 Å². The first kappa shape index (κ1) is 12.7. The number of anilines is 1. The summed E-state index contributed by atoms with van der Waals surface area (Å²) in [6, 6.07) is 5.86. The van der Waals surface area contributed by atoms with E-state index in [9.17, 15) is 4.79 Å². The molecule has 1 aromatic carbocycles. The second-order valence-electron chi connectivity index (χ2n) is 4.50. The average molecular weight is 248 g/mol. The van der Waals surface area contributed by atoms with E-state index in [4.69, 9.17) is 4.74 Å². The highest BCUT2D eigenvalue weighted by Gasteiger charge is 2.18. The van der Waals surface area contributed by atoms with Gasteiger partial charge in [0.25, 0.3) is 0 Å². The SMILES string of the molecule is CCN(CC)C(=O)Oc1ccc2c(c1)CCN2C. The smallest absolute Gasteiger partial charge is 0.410 e. The predicted molar refractivity (Wildman–Crippen MR) is 72.4 cm³/mol. The van der Waals surface area contributed by atoms with Crippen molar-refractivity contribution in [1.82, 2.24) is 4.90 Å². The number of rotatable bonds is 3. The molecule has 0 spiro atoms. The average Bonchev–Trinajstić information content (AvgIpc) is 2.72. The number of ether oxygens (including phenoxy) is 1. The second-order valence-corrected chi connectivity index (χ2v) is 4.50. The van der Waals surface area contributed by atoms with Crippen molar-refractivity contribution >= 4 is 11.8 Å². The summed E-state index contributed by atoms with van der Waals surface area (Å²) in [5.74, 6) is 0.640. The minimum atomic E-state index is -0.272. The molecule has 4 heteroatoms. The van der Waals surface area contributed by atoms with E-state index in [-0.39, 0.29) is 6.09 Å². The van der Waals surface area contributed by atoms with Crippen LogP contribution in [0, 0.1) is 0 Å². The predicted octanol–water partition coefficient (Wildman–Crippen LogP) is 2.52. The fourth-order valence-corrected chi connectivity index (χ4v) is 2.25. The van der Waals surface area contributed by atoms with Crippen molar-refractivity contribution in [2.24, 2.45) is 0 Å². The van der Waals surface area contributed by atoms with Crippen molar-refractivity contribution in [2.45, 2.75) is 20.3 Å². The summed E-state index contributed by atoms with van der Waals surface area (Å²) in [5.41, 5.74) is 2.49. The van der Waals surface area contributed by atoms with Gasteiger partial charge in [-0.1, -0.05) is 0 Å². The molecule has 0 saturated heterocycles. The number of amides is 1. The Hall–Kier alpha value is -1.71. The summed E-state index contributed by atoms with van der Waals surface area (Å²) >= 11 is 0. The Morgan fingerprint density at radius 2 is 2.11 bits per heavy atom. The maximum absolute atomic E-state index is 11.8. The standard InChI is InChI=1S/C14H20N2O2/c1-4-16(5-2)14(17)18-12-6-7-13-11(10-12)8-9-15(13)3/h6-7,10H,4-5,8-9H2,1-3H3. The zero-order chi connectivity index (χ0) is 13.1. The number of hydrogen-bond donors (Lipinski definition) is 0. The van der Waals surface area contributed by atoms with E-state index < -0.39 is 0 Å². The quantitative estimate of drug-likeness (QED) is 0.824. The molecule has 1 aliphatic heterocycles. The molecule has 4 nitrogen and oxygen atoms in total. The van der Waals surface area contributed by atoms with Crippen LogP contribution in [0.2, 0.25) is 0 Å². The first-order valence-corrected chi connectivity index (χ1v) is 6.46. The molecule has 0 bridgehead atoms. The van der Waals surface area contributed by atoms with Crippen LogP contribution in [0.3, 0.4) is 0 Å². The summed E-state index contributed by atoms with van der Waals surface area (Å²) in [5, 5.41) is 0. The number of carbonyl (C=O) groups is 1. The monoisotopic (exact) mass is 248 g/mol. The molecule has 98 valence electrons. The zero-order valence-electron chi connectivity index (χ0n) is 11.3. The molecule has 2 rings (SSSR count). The Morgan fingerprint density at radius 1 is 1.39 bits per heavy atom. The molecule has 1 aromatic rings. The molecule has 0 aliphatic carbocycles. The Kier molecular flexibility index (Phi) is 3.75. The third-order valence-corrected chi connectivity index (χ3v) is 3.41. The van der Waals surface area contributed by atoms with E-state index in [0.29, 0.717) is 18.8 Å². The molecule has 0 atom stereocenters. The van der Waals surface area contributed by atoms with Gasteiger partial charge in [0.2, 0.25) is 0 Å². The Bertz CT molecular complexity index is 441. The van der Waals surface area contributed by atoms with E-state index >= 15 is 0 Å². The fraction of sp³-hybridized carbons (Fsp3) is 0.500. The highest BCUT2D eigenvalue weighted by atomic mass is 16.6. The summed E-state index contributed by atoms with van der Waals surface area (Å²) in [6.45, 7) is 6.26. The minimum absolute atomic E-state index is 0.272. The molecule has 1 heterocycles. The topological polar surface area (TPSA) is 32.8 Å². The van der Waals surface area contributed by atoms with Crippen LogP contribution in [0.1, 0.15) is 19.4 Å². The van der Waals surface area contributed by atoms with Crippen LogP contribution < -0.4 is 9.64 Å². The maximum Gasteiger partial charge on any atom is 0.415 e. The van der Waals surface area contributed by atoms with Crippen molar-refractivity contribution in [1.29, 1.82) is 0 Å². The number of nitrogens with zero attached hydrogens (tertiary/aromatic N) is 2. The first-order valence-electron chi connectivity index (χ1n) is 6.46. The summed E-state index contributed by atoms with van der Waals surface area (Å²) in [4.78, 5) is 15.7. The van der Waals surface area contributed by atoms with Gasteiger partial charge >= 0.3 is 6.09 Å². The molecule has 0 aromatic heterocycles. The van der Waals surface area contributed by atoms with Gasteiger partial charge in [-0.15, -0.1) is 0 Å². The van der Waals surface area contributed by atoms with Gasteiger partial charge < -0.3 is 14.5 Å². The molecule has 0 fully saturated rings. The van der Waals surface area contributed by atoms with E-state index in [1.165, 1.54) is 11.3 Å². The number of benzene rings is 1. The van der Waals surface area contributed by atoms with E-state index in [1.807, 2.05) is 32.0 Å². The lowest BCUT2D eigenvalue weighted by atomic mass is 10.1. The molecule has 18 heavy (non-hydrogen) atoms. The molecular weight excluding hydrogens is 228 g/mol. The highest BCUT2D eigenvalue weighted by Crippen LogP contribution is 2.30. The first-order chi connectivity index (χ1) is 8.65. The number of fused-ring (bicyclic) bond motifs is 1. The summed E-state index contributed by atoms with van der Waals surface area (Å²) in [6.07, 6.45) is 0.744. The number of likely N-dealkylation sites (N-methyl/N-ethyl adjacent to an activating group) is 1. The third-order valence-electron chi connectivity index (χ3n) is 3.41. The molecule has 1 aliphatic rings. The van der Waals surface area contributed by atoms with Crippen LogP contribution in [-0.2, 0) is 6.42 Å². The largest absolute Gasteiger partial charge is 0.415 e. The molecule has 0 radical (unpaired) electrons. The molecule has 0 unspecified atom stereocenters. The van der Waals surface area contributed by atoms with Gasteiger partial charge in [-0.3, -0.25) is 0 Å². The fourth-order valence-electron chi connectivity index (χ4n) is 2.25. The van der Waals surface area contributed by atoms with Gasteiger partial charge in [0.15, 0.2) is 0 Å². The number of carbonyl (C=O) groups excluding carboxylic acids is 1. The lowest BCUT2D eigenvalue weighted by Crippen LogP contribution is -2.33. The Labute approximate surface area is 108 Å². The van der Waals surface area contributed by atoms with E-state index in [2.05, 4.69) is 11.9 Å². The van der Waals surface area contributed by atoms with Gasteiger partial charge in [0.05, 0.1) is 0 Å². The Balaban J connectivity index is 2.09. The van der Waals surface area contributed by atoms with Crippen molar-refractivity contribution in [3.63, 3.8) is 0 Å². The van der Waals surface area contributed by atoms with Crippen LogP contribution in [0.15, 0.2) is 18.2 Å². The van der Waals surface area contributed by atoms with E-state index in [0.717, 1.165) is 13.0 Å². The number of hydrogen-bond acceptors (Lipinski definition) is 3. The van der Waals surface area contributed by atoms with Gasteiger partial charge in [-0.2, -0.15) is 0 Å². The van der Waals surface area contributed by atoms with Crippen LogP contribution in [0.5, 0.6) is 5.75 Å². The molecular formula is C14H20N2O2. The zero-order valence-corrected chi connectivity index (χ0v) is 11.3. The van der Waals surface area contributed by atoms with Gasteiger partial charge in [0.1, 0.15) is 5.75 Å². The van der Waals surface area contributed by atoms with Crippen molar-refractivity contribution in [3.05, 3.63) is 23.8 Å². The van der Waals surface area contributed by atoms with Gasteiger partial charge in [0, 0.05) is 32.4 Å². The summed E-state index contributed by atoms with van der Waals surface area (Å²) < 4.78 is 5.39. The summed E-state index contributed by atoms with van der Waals surface area (Å²) in [7, 11) is 2.08. The maximum atomic E-state index is 11.8. The Morgan fingerprint density at radius 3 is 2.78 bits per heavy atom. The third kappa shape index (κ3) is 2.42. The van der Waals surface area contributed by atoms with Gasteiger partial charge in [-0.05, 0) is 44.0 Å². The van der Waals surface area contributed by atoms with Crippen molar-refractivity contribution < 1.29 is 9.53 Å². The van der Waals surface area contributed by atoms with Crippen LogP contribution >= 0.6 is 0 Å².